The molecule has 0 aromatic carbocycles. The van der Waals surface area contributed by atoms with Crippen molar-refractivity contribution in [1.82, 2.24) is 5.32 Å². The normalized spacial score (nSPS) is 31.8. The highest BCUT2D eigenvalue weighted by molar-refractivity contribution is 6.21. The predicted octanol–water partition coefficient (Wildman–Crippen LogP) is 3.03. The molecule has 2 heteroatoms. The summed E-state index contributed by atoms with van der Waals surface area (Å²) in [5.41, 5.74) is 0.290. The highest BCUT2D eigenvalue weighted by Crippen LogP contribution is 2.44. The van der Waals surface area contributed by atoms with Crippen LogP contribution in [0, 0.1) is 11.3 Å². The SMILES string of the molecule is CC(C)CCNC1CC(Cl)C1(C)C. The fourth-order valence-corrected chi connectivity index (χ4v) is 2.10. The molecule has 0 aromatic rings. The molecule has 1 fully saturated rings. The summed E-state index contributed by atoms with van der Waals surface area (Å²) in [4.78, 5) is 0. The van der Waals surface area contributed by atoms with Gasteiger partial charge in [0.25, 0.3) is 0 Å². The zero-order valence-corrected chi connectivity index (χ0v) is 9.99. The van der Waals surface area contributed by atoms with Crippen LogP contribution in [0.2, 0.25) is 0 Å². The Morgan fingerprint density at radius 1 is 1.46 bits per heavy atom. The van der Waals surface area contributed by atoms with Gasteiger partial charge in [0, 0.05) is 11.4 Å². The fourth-order valence-electron chi connectivity index (χ4n) is 1.76. The summed E-state index contributed by atoms with van der Waals surface area (Å²) < 4.78 is 0. The number of hydrogen-bond acceptors (Lipinski definition) is 1. The van der Waals surface area contributed by atoms with Crippen LogP contribution >= 0.6 is 11.6 Å². The minimum atomic E-state index is 0.290. The largest absolute Gasteiger partial charge is 0.313 e. The van der Waals surface area contributed by atoms with E-state index in [-0.39, 0.29) is 0 Å². The van der Waals surface area contributed by atoms with Crippen molar-refractivity contribution in [2.24, 2.45) is 11.3 Å². The molecule has 1 nitrogen and oxygen atoms in total. The highest BCUT2D eigenvalue weighted by atomic mass is 35.5. The number of nitrogens with one attached hydrogen (secondary N) is 1. The van der Waals surface area contributed by atoms with E-state index < -0.39 is 0 Å². The van der Waals surface area contributed by atoms with Gasteiger partial charge in [-0.1, -0.05) is 27.7 Å². The Balaban J connectivity index is 2.17. The molecule has 0 bridgehead atoms. The molecule has 0 aliphatic heterocycles. The van der Waals surface area contributed by atoms with Gasteiger partial charge in [0.15, 0.2) is 0 Å². The van der Waals surface area contributed by atoms with Crippen LogP contribution in [-0.4, -0.2) is 18.0 Å². The molecule has 1 aliphatic carbocycles. The summed E-state index contributed by atoms with van der Waals surface area (Å²) in [5.74, 6) is 0.794. The Morgan fingerprint density at radius 2 is 2.08 bits per heavy atom. The second-order valence-electron chi connectivity index (χ2n) is 5.21. The van der Waals surface area contributed by atoms with Gasteiger partial charge in [-0.25, -0.2) is 0 Å². The predicted molar refractivity (Wildman–Crippen MR) is 59.3 cm³/mol. The van der Waals surface area contributed by atoms with Crippen molar-refractivity contribution in [3.05, 3.63) is 0 Å². The molecule has 0 radical (unpaired) electrons. The lowest BCUT2D eigenvalue weighted by atomic mass is 9.67. The van der Waals surface area contributed by atoms with Crippen LogP contribution in [0.25, 0.3) is 0 Å². The molecule has 78 valence electrons. The smallest absolute Gasteiger partial charge is 0.0416 e. The Bertz CT molecular complexity index is 165. The number of halogens is 1. The van der Waals surface area contributed by atoms with Crippen LogP contribution in [0.15, 0.2) is 0 Å². The number of rotatable bonds is 4. The summed E-state index contributed by atoms with van der Waals surface area (Å²) in [6.07, 6.45) is 2.40. The molecule has 0 spiro atoms. The van der Waals surface area contributed by atoms with Crippen LogP contribution < -0.4 is 5.32 Å². The molecule has 0 amide bonds. The molecule has 1 saturated carbocycles. The van der Waals surface area contributed by atoms with E-state index in [1.165, 1.54) is 6.42 Å². The van der Waals surface area contributed by atoms with Gasteiger partial charge in [0.05, 0.1) is 0 Å². The van der Waals surface area contributed by atoms with Gasteiger partial charge >= 0.3 is 0 Å². The van der Waals surface area contributed by atoms with Gasteiger partial charge in [-0.3, -0.25) is 0 Å². The quantitative estimate of drug-likeness (QED) is 0.693. The first-order chi connectivity index (χ1) is 5.94. The van der Waals surface area contributed by atoms with E-state index >= 15 is 0 Å². The van der Waals surface area contributed by atoms with Gasteiger partial charge in [-0.05, 0) is 30.7 Å². The van der Waals surface area contributed by atoms with Gasteiger partial charge in [-0.2, -0.15) is 0 Å². The Labute approximate surface area is 87.2 Å². The average Bonchev–Trinajstić information content (AvgIpc) is 2.02. The Morgan fingerprint density at radius 3 is 2.46 bits per heavy atom. The lowest BCUT2D eigenvalue weighted by molar-refractivity contribution is 0.116. The molecule has 1 aliphatic rings. The molecule has 0 aromatic heterocycles. The standard InChI is InChI=1S/C11H22ClN/c1-8(2)5-6-13-10-7-9(12)11(10,3)4/h8-10,13H,5-7H2,1-4H3. The summed E-state index contributed by atoms with van der Waals surface area (Å²) >= 11 is 6.14. The summed E-state index contributed by atoms with van der Waals surface area (Å²) in [7, 11) is 0. The molecule has 2 atom stereocenters. The zero-order chi connectivity index (χ0) is 10.1. The first-order valence-electron chi connectivity index (χ1n) is 5.32. The van der Waals surface area contributed by atoms with E-state index in [1.54, 1.807) is 0 Å². The third kappa shape index (κ3) is 2.60. The van der Waals surface area contributed by atoms with E-state index in [2.05, 4.69) is 33.0 Å². The van der Waals surface area contributed by atoms with Crippen molar-refractivity contribution >= 4 is 11.6 Å². The van der Waals surface area contributed by atoms with Crippen LogP contribution in [0.1, 0.15) is 40.5 Å². The summed E-state index contributed by atoms with van der Waals surface area (Å²) in [5, 5.41) is 3.95. The molecular weight excluding hydrogens is 182 g/mol. The topological polar surface area (TPSA) is 12.0 Å². The van der Waals surface area contributed by atoms with Crippen molar-refractivity contribution in [1.29, 1.82) is 0 Å². The van der Waals surface area contributed by atoms with Crippen LogP contribution in [0.4, 0.5) is 0 Å². The van der Waals surface area contributed by atoms with Gasteiger partial charge in [0.1, 0.15) is 0 Å². The maximum Gasteiger partial charge on any atom is 0.0416 e. The van der Waals surface area contributed by atoms with Crippen molar-refractivity contribution in [2.45, 2.75) is 52.0 Å². The van der Waals surface area contributed by atoms with Crippen LogP contribution in [0.5, 0.6) is 0 Å². The monoisotopic (exact) mass is 203 g/mol. The van der Waals surface area contributed by atoms with Crippen LogP contribution in [-0.2, 0) is 0 Å². The first kappa shape index (κ1) is 11.3. The minimum absolute atomic E-state index is 0.290. The lowest BCUT2D eigenvalue weighted by Crippen LogP contribution is -2.58. The Kier molecular flexibility index (Phi) is 3.64. The number of alkyl halides is 1. The summed E-state index contributed by atoms with van der Waals surface area (Å²) in [6, 6.07) is 0.633. The molecule has 2 unspecified atom stereocenters. The average molecular weight is 204 g/mol. The zero-order valence-electron chi connectivity index (χ0n) is 9.23. The first-order valence-corrected chi connectivity index (χ1v) is 5.75. The molecule has 13 heavy (non-hydrogen) atoms. The maximum absolute atomic E-state index is 6.14. The third-order valence-corrected chi connectivity index (χ3v) is 4.00. The molecule has 0 heterocycles. The third-order valence-electron chi connectivity index (χ3n) is 3.26. The van der Waals surface area contributed by atoms with E-state index in [0.717, 1.165) is 18.9 Å². The van der Waals surface area contributed by atoms with Gasteiger partial charge in [-0.15, -0.1) is 11.6 Å². The number of hydrogen-bond donors (Lipinski definition) is 1. The Hall–Kier alpha value is 0.250. The maximum atomic E-state index is 6.14. The molecule has 1 N–H and O–H groups in total. The second-order valence-corrected chi connectivity index (χ2v) is 5.74. The van der Waals surface area contributed by atoms with Crippen LogP contribution in [0.3, 0.4) is 0 Å². The van der Waals surface area contributed by atoms with E-state index in [9.17, 15) is 0 Å². The van der Waals surface area contributed by atoms with Crippen molar-refractivity contribution in [3.8, 4) is 0 Å². The molecule has 1 rings (SSSR count). The van der Waals surface area contributed by atoms with Gasteiger partial charge < -0.3 is 5.32 Å². The van der Waals surface area contributed by atoms with Crippen molar-refractivity contribution in [3.63, 3.8) is 0 Å². The summed E-state index contributed by atoms with van der Waals surface area (Å²) in [6.45, 7) is 10.2. The van der Waals surface area contributed by atoms with Gasteiger partial charge in [0.2, 0.25) is 0 Å². The molecular formula is C11H22ClN. The minimum Gasteiger partial charge on any atom is -0.313 e. The highest BCUT2D eigenvalue weighted by Gasteiger charge is 2.46. The van der Waals surface area contributed by atoms with E-state index in [0.29, 0.717) is 16.8 Å². The lowest BCUT2D eigenvalue weighted by Gasteiger charge is -2.49. The van der Waals surface area contributed by atoms with E-state index in [4.69, 9.17) is 11.6 Å². The second kappa shape index (κ2) is 4.18. The molecule has 0 saturated heterocycles. The van der Waals surface area contributed by atoms with E-state index in [1.807, 2.05) is 0 Å². The van der Waals surface area contributed by atoms with Crippen molar-refractivity contribution < 1.29 is 0 Å². The fraction of sp³-hybridized carbons (Fsp3) is 1.00. The van der Waals surface area contributed by atoms with Crippen molar-refractivity contribution in [2.75, 3.05) is 6.54 Å².